The van der Waals surface area contributed by atoms with Crippen molar-refractivity contribution in [3.05, 3.63) is 74.2 Å². The van der Waals surface area contributed by atoms with E-state index in [1.807, 2.05) is 55.5 Å². The summed E-state index contributed by atoms with van der Waals surface area (Å²) < 4.78 is 10.4. The Balaban J connectivity index is 2.16. The first-order valence-corrected chi connectivity index (χ1v) is 10.1. The molecule has 2 aromatic carbocycles. The van der Waals surface area contributed by atoms with Crippen LogP contribution in [0.3, 0.4) is 0 Å². The van der Waals surface area contributed by atoms with Gasteiger partial charge in [-0.1, -0.05) is 0 Å². The molecule has 0 aliphatic carbocycles. The Morgan fingerprint density at radius 3 is 2.30 bits per heavy atom. The van der Waals surface area contributed by atoms with Gasteiger partial charge in [0.05, 0.1) is 0 Å². The molecule has 0 saturated heterocycles. The first-order chi connectivity index (χ1) is 12.8. The Hall–Kier alpha value is -2.50. The fraction of sp³-hybridized carbons (Fsp3) is 0.300. The van der Waals surface area contributed by atoms with E-state index in [4.69, 9.17) is 4.74 Å². The summed E-state index contributed by atoms with van der Waals surface area (Å²) in [5, 5.41) is 16.3. The molecule has 1 aromatic heterocycles. The summed E-state index contributed by atoms with van der Waals surface area (Å²) in [7, 11) is 1.60. The van der Waals surface area contributed by atoms with Crippen LogP contribution in [0.25, 0.3) is 11.3 Å². The van der Waals surface area contributed by atoms with Crippen LogP contribution in [-0.4, -0.2) is 41.5 Å². The molecule has 0 N–H and O–H groups in total. The minimum atomic E-state index is -1.20. The number of hydrogen-bond acceptors (Lipinski definition) is 5. The normalized spacial score (nSPS) is 12.6. The third kappa shape index (κ3) is 3.80. The number of nitro groups is 1. The summed E-state index contributed by atoms with van der Waals surface area (Å²) in [6, 6.07) is 15.5. The van der Waals surface area contributed by atoms with E-state index in [9.17, 15) is 10.1 Å². The summed E-state index contributed by atoms with van der Waals surface area (Å²) in [4.78, 5) is 11.7. The van der Waals surface area contributed by atoms with Gasteiger partial charge in [-0.25, -0.2) is 0 Å². The Bertz CT molecular complexity index is 934. The standard InChI is InChI=1S/C20H21N3O3Se/c1-13-5-7-15(8-6-13)18-19(27-22-21-18)17(20(2,3)23(24)25)14-9-11-16(26-4)12-10-14/h5-12,17H,1-4H3. The molecular formula is C20H21N3O3Se. The number of hydrogen-bond donors (Lipinski definition) is 0. The van der Waals surface area contributed by atoms with Crippen molar-refractivity contribution in [1.29, 1.82) is 0 Å². The second-order valence-electron chi connectivity index (χ2n) is 6.97. The molecule has 6 nitrogen and oxygen atoms in total. The third-order valence-corrected chi connectivity index (χ3v) is 6.38. The van der Waals surface area contributed by atoms with Crippen molar-refractivity contribution in [3.63, 3.8) is 0 Å². The van der Waals surface area contributed by atoms with Crippen LogP contribution in [0.15, 0.2) is 48.5 Å². The van der Waals surface area contributed by atoms with Gasteiger partial charge >= 0.3 is 164 Å². The van der Waals surface area contributed by atoms with Gasteiger partial charge in [-0.2, -0.15) is 0 Å². The number of ether oxygens (including phenoxy) is 1. The van der Waals surface area contributed by atoms with Gasteiger partial charge in [0.25, 0.3) is 0 Å². The monoisotopic (exact) mass is 431 g/mol. The van der Waals surface area contributed by atoms with Crippen LogP contribution >= 0.6 is 0 Å². The molecule has 0 spiro atoms. The SMILES string of the molecule is COc1ccc(C(c2[se]nnc2-c2ccc(C)cc2)C(C)(C)[N+](=O)[O-])cc1. The molecule has 0 amide bonds. The predicted octanol–water partition coefficient (Wildman–Crippen LogP) is 3.70. The quantitative estimate of drug-likeness (QED) is 0.339. The van der Waals surface area contributed by atoms with Crippen LogP contribution in [0.4, 0.5) is 0 Å². The molecule has 1 heterocycles. The molecule has 27 heavy (non-hydrogen) atoms. The Morgan fingerprint density at radius 1 is 1.11 bits per heavy atom. The zero-order valence-corrected chi connectivity index (χ0v) is 17.4. The average Bonchev–Trinajstić information content (AvgIpc) is 3.12. The predicted molar refractivity (Wildman–Crippen MR) is 105 cm³/mol. The zero-order valence-electron chi connectivity index (χ0n) is 15.7. The van der Waals surface area contributed by atoms with Crippen LogP contribution in [0.1, 0.15) is 35.3 Å². The summed E-state index contributed by atoms with van der Waals surface area (Å²) in [6.45, 7) is 5.35. The Morgan fingerprint density at radius 2 is 1.74 bits per heavy atom. The third-order valence-electron chi connectivity index (χ3n) is 4.73. The number of nitrogens with zero attached hydrogens (tertiary/aromatic N) is 3. The van der Waals surface area contributed by atoms with Crippen LogP contribution < -0.4 is 4.74 Å². The van der Waals surface area contributed by atoms with Crippen LogP contribution in [0.5, 0.6) is 5.75 Å². The van der Waals surface area contributed by atoms with E-state index in [1.165, 1.54) is 0 Å². The molecule has 0 aliphatic rings. The number of benzene rings is 2. The van der Waals surface area contributed by atoms with Gasteiger partial charge < -0.3 is 0 Å². The fourth-order valence-corrected chi connectivity index (χ4v) is 5.15. The average molecular weight is 430 g/mol. The van der Waals surface area contributed by atoms with Crippen molar-refractivity contribution in [1.82, 2.24) is 9.19 Å². The molecular weight excluding hydrogens is 409 g/mol. The molecule has 7 heteroatoms. The van der Waals surface area contributed by atoms with Crippen molar-refractivity contribution >= 4 is 14.7 Å². The summed E-state index contributed by atoms with van der Waals surface area (Å²) in [5.74, 6) is 0.292. The van der Waals surface area contributed by atoms with E-state index in [1.54, 1.807) is 21.0 Å². The van der Waals surface area contributed by atoms with E-state index in [-0.39, 0.29) is 19.7 Å². The molecule has 0 aliphatic heterocycles. The van der Waals surface area contributed by atoms with E-state index in [0.29, 0.717) is 0 Å². The number of rotatable bonds is 6. The molecule has 0 bridgehead atoms. The van der Waals surface area contributed by atoms with Gasteiger partial charge in [-0.15, -0.1) is 0 Å². The van der Waals surface area contributed by atoms with Gasteiger partial charge in [0.1, 0.15) is 0 Å². The first kappa shape index (κ1) is 19.3. The van der Waals surface area contributed by atoms with E-state index >= 15 is 0 Å². The van der Waals surface area contributed by atoms with Gasteiger partial charge in [0.15, 0.2) is 0 Å². The van der Waals surface area contributed by atoms with Gasteiger partial charge in [0.2, 0.25) is 0 Å². The van der Waals surface area contributed by atoms with Crippen LogP contribution in [0, 0.1) is 17.0 Å². The van der Waals surface area contributed by atoms with Gasteiger partial charge in [0, 0.05) is 0 Å². The van der Waals surface area contributed by atoms with Gasteiger partial charge in [-0.05, 0) is 0 Å². The molecule has 0 radical (unpaired) electrons. The maximum atomic E-state index is 11.9. The molecule has 0 saturated carbocycles. The topological polar surface area (TPSA) is 78.2 Å². The van der Waals surface area contributed by atoms with Crippen molar-refractivity contribution in [2.45, 2.75) is 32.2 Å². The van der Waals surface area contributed by atoms with Gasteiger partial charge in [-0.3, -0.25) is 0 Å². The Kier molecular flexibility index (Phi) is 5.44. The second kappa shape index (κ2) is 7.62. The van der Waals surface area contributed by atoms with E-state index in [0.717, 1.165) is 32.6 Å². The zero-order chi connectivity index (χ0) is 19.6. The molecule has 3 rings (SSSR count). The Labute approximate surface area is 164 Å². The van der Waals surface area contributed by atoms with E-state index < -0.39 is 11.5 Å². The van der Waals surface area contributed by atoms with Crippen LogP contribution in [-0.2, 0) is 0 Å². The fourth-order valence-electron chi connectivity index (χ4n) is 3.08. The van der Waals surface area contributed by atoms with Crippen molar-refractivity contribution < 1.29 is 9.66 Å². The summed E-state index contributed by atoms with van der Waals surface area (Å²) in [5.41, 5.74) is 2.52. The molecule has 1 unspecified atom stereocenters. The van der Waals surface area contributed by atoms with Crippen molar-refractivity contribution in [2.24, 2.45) is 0 Å². The molecule has 1 atom stereocenters. The van der Waals surface area contributed by atoms with Crippen molar-refractivity contribution in [3.8, 4) is 17.0 Å². The van der Waals surface area contributed by atoms with Crippen LogP contribution in [0.2, 0.25) is 0 Å². The first-order valence-electron chi connectivity index (χ1n) is 8.52. The maximum absolute atomic E-state index is 11.9. The number of methoxy groups -OCH3 is 1. The summed E-state index contributed by atoms with van der Waals surface area (Å²) in [6.07, 6.45) is 0. The summed E-state index contributed by atoms with van der Waals surface area (Å²) >= 11 is -0.280. The minimum absolute atomic E-state index is 0.212. The van der Waals surface area contributed by atoms with Crippen molar-refractivity contribution in [2.75, 3.05) is 7.11 Å². The molecule has 0 fully saturated rings. The second-order valence-corrected chi connectivity index (χ2v) is 8.62. The molecule has 140 valence electrons. The number of aryl methyl sites for hydroxylation is 1. The number of aromatic nitrogens is 2. The van der Waals surface area contributed by atoms with E-state index in [2.05, 4.69) is 9.19 Å². The molecule has 3 aromatic rings.